The highest BCUT2D eigenvalue weighted by atomic mass is 16.5. The molecule has 0 aliphatic carbocycles. The number of esters is 1. The second kappa shape index (κ2) is 7.20. The summed E-state index contributed by atoms with van der Waals surface area (Å²) in [5.74, 6) is -0.519. The number of carbonyl (C=O) groups excluding carboxylic acids is 2. The standard InChI is InChI=1S/C21H22N2O3/c24-20(14-19-17-6-2-3-7-18(17)21(25)26-19)22-15-8-10-16(11-9-15)23-12-4-1-5-13-23/h2-3,6-11,19H,1,4-5,12-14H2,(H,22,24). The van der Waals surface area contributed by atoms with Crippen LogP contribution in [0.25, 0.3) is 0 Å². The lowest BCUT2D eigenvalue weighted by Crippen LogP contribution is -2.29. The number of rotatable bonds is 4. The Morgan fingerprint density at radius 2 is 1.77 bits per heavy atom. The summed E-state index contributed by atoms with van der Waals surface area (Å²) in [6, 6.07) is 15.2. The molecular weight excluding hydrogens is 328 g/mol. The molecule has 2 heterocycles. The van der Waals surface area contributed by atoms with Crippen LogP contribution >= 0.6 is 0 Å². The molecule has 134 valence electrons. The molecule has 2 aromatic carbocycles. The zero-order chi connectivity index (χ0) is 17.9. The van der Waals surface area contributed by atoms with Gasteiger partial charge in [-0.1, -0.05) is 18.2 Å². The van der Waals surface area contributed by atoms with E-state index < -0.39 is 6.10 Å². The van der Waals surface area contributed by atoms with E-state index >= 15 is 0 Å². The minimum Gasteiger partial charge on any atom is -0.453 e. The zero-order valence-corrected chi connectivity index (χ0v) is 14.6. The van der Waals surface area contributed by atoms with Gasteiger partial charge in [0.05, 0.1) is 12.0 Å². The minimum absolute atomic E-state index is 0.122. The molecule has 1 unspecified atom stereocenters. The number of benzene rings is 2. The van der Waals surface area contributed by atoms with Crippen LogP contribution in [-0.2, 0) is 9.53 Å². The molecule has 2 aromatic rings. The van der Waals surface area contributed by atoms with Gasteiger partial charge in [0.15, 0.2) is 0 Å². The van der Waals surface area contributed by atoms with Crippen molar-refractivity contribution >= 4 is 23.3 Å². The van der Waals surface area contributed by atoms with E-state index in [1.165, 1.54) is 24.9 Å². The molecule has 2 aliphatic rings. The molecule has 0 radical (unpaired) electrons. The first-order valence-electron chi connectivity index (χ1n) is 9.15. The van der Waals surface area contributed by atoms with Gasteiger partial charge < -0.3 is 15.0 Å². The van der Waals surface area contributed by atoms with Crippen LogP contribution in [-0.4, -0.2) is 25.0 Å². The summed E-state index contributed by atoms with van der Waals surface area (Å²) in [6.07, 6.45) is 3.39. The maximum absolute atomic E-state index is 12.4. The molecular formula is C21H22N2O3. The fraction of sp³-hybridized carbons (Fsp3) is 0.333. The Labute approximate surface area is 153 Å². The van der Waals surface area contributed by atoms with E-state index in [4.69, 9.17) is 4.74 Å². The van der Waals surface area contributed by atoms with Crippen molar-refractivity contribution < 1.29 is 14.3 Å². The molecule has 1 atom stereocenters. The summed E-state index contributed by atoms with van der Waals surface area (Å²) in [5.41, 5.74) is 3.29. The summed E-state index contributed by atoms with van der Waals surface area (Å²) >= 11 is 0. The van der Waals surface area contributed by atoms with E-state index in [-0.39, 0.29) is 18.3 Å². The average molecular weight is 350 g/mol. The summed E-state index contributed by atoms with van der Waals surface area (Å²) < 4.78 is 5.33. The Hall–Kier alpha value is -2.82. The summed E-state index contributed by atoms with van der Waals surface area (Å²) in [7, 11) is 0. The molecule has 5 nitrogen and oxygen atoms in total. The zero-order valence-electron chi connectivity index (χ0n) is 14.6. The third-order valence-corrected chi connectivity index (χ3v) is 5.02. The Balaban J connectivity index is 1.37. The van der Waals surface area contributed by atoms with Crippen molar-refractivity contribution in [2.75, 3.05) is 23.3 Å². The van der Waals surface area contributed by atoms with Crippen LogP contribution in [0.5, 0.6) is 0 Å². The SMILES string of the molecule is O=C(CC1OC(=O)c2ccccc21)Nc1ccc(N2CCCCC2)cc1. The van der Waals surface area contributed by atoms with Gasteiger partial charge in [-0.05, 0) is 49.6 Å². The summed E-state index contributed by atoms with van der Waals surface area (Å²) in [4.78, 5) is 26.6. The lowest BCUT2D eigenvalue weighted by Gasteiger charge is -2.28. The number of hydrogen-bond acceptors (Lipinski definition) is 4. The highest BCUT2D eigenvalue weighted by Crippen LogP contribution is 2.33. The van der Waals surface area contributed by atoms with Crippen LogP contribution < -0.4 is 10.2 Å². The first kappa shape index (κ1) is 16.6. The van der Waals surface area contributed by atoms with Crippen molar-refractivity contribution in [2.45, 2.75) is 31.8 Å². The highest BCUT2D eigenvalue weighted by Gasteiger charge is 2.32. The molecule has 4 rings (SSSR count). The van der Waals surface area contributed by atoms with Crippen molar-refractivity contribution in [3.8, 4) is 0 Å². The second-order valence-electron chi connectivity index (χ2n) is 6.83. The van der Waals surface area contributed by atoms with Gasteiger partial charge in [0.1, 0.15) is 6.10 Å². The van der Waals surface area contributed by atoms with Crippen molar-refractivity contribution in [1.82, 2.24) is 0 Å². The lowest BCUT2D eigenvalue weighted by molar-refractivity contribution is -0.118. The van der Waals surface area contributed by atoms with Gasteiger partial charge in [-0.2, -0.15) is 0 Å². The minimum atomic E-state index is -0.508. The molecule has 0 spiro atoms. The smallest absolute Gasteiger partial charge is 0.339 e. The first-order chi connectivity index (χ1) is 12.7. The molecule has 0 aromatic heterocycles. The van der Waals surface area contributed by atoms with E-state index in [0.717, 1.165) is 24.3 Å². The maximum Gasteiger partial charge on any atom is 0.339 e. The van der Waals surface area contributed by atoms with Gasteiger partial charge in [-0.25, -0.2) is 4.79 Å². The quantitative estimate of drug-likeness (QED) is 0.849. The molecule has 2 aliphatic heterocycles. The van der Waals surface area contributed by atoms with Gasteiger partial charge in [0.25, 0.3) is 0 Å². The fourth-order valence-corrected chi connectivity index (χ4v) is 3.66. The normalized spacial score (nSPS) is 19.0. The van der Waals surface area contributed by atoms with Crippen molar-refractivity contribution in [3.05, 3.63) is 59.7 Å². The predicted octanol–water partition coefficient (Wildman–Crippen LogP) is 3.92. The second-order valence-corrected chi connectivity index (χ2v) is 6.83. The van der Waals surface area contributed by atoms with E-state index in [1.54, 1.807) is 12.1 Å². The number of anilines is 2. The lowest BCUT2D eigenvalue weighted by atomic mass is 10.0. The summed E-state index contributed by atoms with van der Waals surface area (Å²) in [5, 5.41) is 2.90. The van der Waals surface area contributed by atoms with Crippen LogP contribution in [0.3, 0.4) is 0 Å². The van der Waals surface area contributed by atoms with Gasteiger partial charge in [-0.3, -0.25) is 4.79 Å². The van der Waals surface area contributed by atoms with E-state index in [2.05, 4.69) is 10.2 Å². The largest absolute Gasteiger partial charge is 0.453 e. The molecule has 1 N–H and O–H groups in total. The molecule has 0 saturated carbocycles. The van der Waals surface area contributed by atoms with E-state index in [9.17, 15) is 9.59 Å². The monoisotopic (exact) mass is 350 g/mol. The molecule has 5 heteroatoms. The van der Waals surface area contributed by atoms with Gasteiger partial charge in [0, 0.05) is 30.0 Å². The van der Waals surface area contributed by atoms with Crippen LogP contribution in [0.2, 0.25) is 0 Å². The molecule has 1 fully saturated rings. The number of cyclic esters (lactones) is 1. The Bertz CT molecular complexity index is 810. The van der Waals surface area contributed by atoms with Gasteiger partial charge in [0.2, 0.25) is 5.91 Å². The summed E-state index contributed by atoms with van der Waals surface area (Å²) in [6.45, 7) is 2.19. The highest BCUT2D eigenvalue weighted by molar-refractivity contribution is 5.96. The van der Waals surface area contributed by atoms with Gasteiger partial charge in [-0.15, -0.1) is 0 Å². The van der Waals surface area contributed by atoms with Gasteiger partial charge >= 0.3 is 5.97 Å². The first-order valence-corrected chi connectivity index (χ1v) is 9.15. The number of carbonyl (C=O) groups is 2. The number of nitrogens with one attached hydrogen (secondary N) is 1. The van der Waals surface area contributed by atoms with Crippen molar-refractivity contribution in [2.24, 2.45) is 0 Å². The molecule has 1 amide bonds. The Morgan fingerprint density at radius 1 is 1.04 bits per heavy atom. The van der Waals surface area contributed by atoms with Crippen LogP contribution in [0.15, 0.2) is 48.5 Å². The van der Waals surface area contributed by atoms with Crippen LogP contribution in [0.4, 0.5) is 11.4 Å². The third kappa shape index (κ3) is 3.43. The Morgan fingerprint density at radius 3 is 2.54 bits per heavy atom. The van der Waals surface area contributed by atoms with Crippen molar-refractivity contribution in [1.29, 1.82) is 0 Å². The number of ether oxygens (including phenoxy) is 1. The topological polar surface area (TPSA) is 58.6 Å². The average Bonchev–Trinajstić information content (AvgIpc) is 2.99. The van der Waals surface area contributed by atoms with Crippen LogP contribution in [0, 0.1) is 0 Å². The molecule has 1 saturated heterocycles. The van der Waals surface area contributed by atoms with E-state index in [1.807, 2.05) is 36.4 Å². The number of hydrogen-bond donors (Lipinski definition) is 1. The predicted molar refractivity (Wildman–Crippen MR) is 100 cm³/mol. The number of nitrogens with zero attached hydrogens (tertiary/aromatic N) is 1. The molecule has 26 heavy (non-hydrogen) atoms. The fourth-order valence-electron chi connectivity index (χ4n) is 3.66. The van der Waals surface area contributed by atoms with Crippen molar-refractivity contribution in [3.63, 3.8) is 0 Å². The number of piperidine rings is 1. The number of fused-ring (bicyclic) bond motifs is 1. The number of amides is 1. The molecule has 0 bridgehead atoms. The third-order valence-electron chi connectivity index (χ3n) is 5.02. The van der Waals surface area contributed by atoms with Crippen LogP contribution in [0.1, 0.15) is 47.7 Å². The Kier molecular flexibility index (Phi) is 4.61. The maximum atomic E-state index is 12.4. The van der Waals surface area contributed by atoms with E-state index in [0.29, 0.717) is 5.56 Å².